The molecule has 1 aromatic rings. The molecule has 0 aliphatic carbocycles. The van der Waals surface area contributed by atoms with E-state index in [0.29, 0.717) is 18.8 Å². The van der Waals surface area contributed by atoms with Gasteiger partial charge in [-0.25, -0.2) is 8.42 Å². The number of pyridine rings is 1. The van der Waals surface area contributed by atoms with Crippen molar-refractivity contribution in [2.45, 2.75) is 30.8 Å². The number of rotatable bonds is 3. The van der Waals surface area contributed by atoms with Gasteiger partial charge in [0, 0.05) is 44.6 Å². The minimum Gasteiger partial charge on any atom is -0.387 e. The first-order valence-corrected chi connectivity index (χ1v) is 8.15. The molecule has 0 amide bonds. The second-order valence-corrected chi connectivity index (χ2v) is 7.21. The third kappa shape index (κ3) is 2.65. The summed E-state index contributed by atoms with van der Waals surface area (Å²) < 4.78 is 27.1. The normalized spacial score (nSPS) is 25.6. The molecule has 2 rings (SSSR count). The Morgan fingerprint density at radius 1 is 1.30 bits per heavy atom. The molecule has 112 valence electrons. The van der Waals surface area contributed by atoms with Gasteiger partial charge in [-0.3, -0.25) is 9.88 Å². The van der Waals surface area contributed by atoms with Crippen LogP contribution in [0.5, 0.6) is 0 Å². The van der Waals surface area contributed by atoms with Crippen molar-refractivity contribution >= 4 is 15.7 Å². The fourth-order valence-electron chi connectivity index (χ4n) is 2.48. The van der Waals surface area contributed by atoms with Crippen LogP contribution in [0.25, 0.3) is 0 Å². The van der Waals surface area contributed by atoms with Crippen LogP contribution in [0, 0.1) is 0 Å². The minimum absolute atomic E-state index is 0.197. The smallest absolute Gasteiger partial charge is 0.246 e. The average Bonchev–Trinajstić information content (AvgIpc) is 2.44. The van der Waals surface area contributed by atoms with Crippen molar-refractivity contribution in [3.05, 3.63) is 18.5 Å². The molecular formula is C13H22N4O2S. The molecule has 1 saturated heterocycles. The minimum atomic E-state index is -3.51. The summed E-state index contributed by atoms with van der Waals surface area (Å²) in [7, 11) is 0.230. The van der Waals surface area contributed by atoms with Gasteiger partial charge in [0.2, 0.25) is 10.0 Å². The molecule has 6 nitrogen and oxygen atoms in total. The average molecular weight is 298 g/mol. The third-order valence-corrected chi connectivity index (χ3v) is 5.86. The first-order chi connectivity index (χ1) is 9.37. The summed E-state index contributed by atoms with van der Waals surface area (Å²) in [6.45, 7) is 5.09. The molecule has 0 spiro atoms. The fourth-order valence-corrected chi connectivity index (χ4v) is 4.23. The Morgan fingerprint density at radius 2 is 1.90 bits per heavy atom. The summed E-state index contributed by atoms with van der Waals surface area (Å²) in [5.41, 5.74) is 0.583. The summed E-state index contributed by atoms with van der Waals surface area (Å²) in [6, 6.07) is 2.07. The number of nitrogens with zero attached hydrogens (tertiary/aromatic N) is 3. The highest BCUT2D eigenvalue weighted by Crippen LogP contribution is 2.26. The van der Waals surface area contributed by atoms with Gasteiger partial charge in [-0.15, -0.1) is 0 Å². The first-order valence-electron chi connectivity index (χ1n) is 6.71. The van der Waals surface area contributed by atoms with Gasteiger partial charge in [-0.1, -0.05) is 0 Å². The van der Waals surface area contributed by atoms with Gasteiger partial charge >= 0.3 is 0 Å². The van der Waals surface area contributed by atoms with Crippen LogP contribution in [-0.4, -0.2) is 61.9 Å². The van der Waals surface area contributed by atoms with E-state index in [4.69, 9.17) is 0 Å². The van der Waals surface area contributed by atoms with E-state index in [1.165, 1.54) is 6.20 Å². The highest BCUT2D eigenvalue weighted by Gasteiger charge is 2.35. The van der Waals surface area contributed by atoms with E-state index in [9.17, 15) is 8.42 Å². The van der Waals surface area contributed by atoms with Crippen LogP contribution in [-0.2, 0) is 10.0 Å². The fraction of sp³-hybridized carbons (Fsp3) is 0.615. The monoisotopic (exact) mass is 298 g/mol. The van der Waals surface area contributed by atoms with Gasteiger partial charge in [-0.2, -0.15) is 4.31 Å². The largest absolute Gasteiger partial charge is 0.387 e. The van der Waals surface area contributed by atoms with Crippen LogP contribution in [0.15, 0.2) is 23.4 Å². The molecule has 2 atom stereocenters. The molecule has 20 heavy (non-hydrogen) atoms. The predicted molar refractivity (Wildman–Crippen MR) is 79.2 cm³/mol. The molecule has 0 radical (unpaired) electrons. The zero-order valence-corrected chi connectivity index (χ0v) is 13.2. The summed E-state index contributed by atoms with van der Waals surface area (Å²) in [5.74, 6) is 0. The second kappa shape index (κ2) is 5.67. The summed E-state index contributed by atoms with van der Waals surface area (Å²) >= 11 is 0. The van der Waals surface area contributed by atoms with Crippen molar-refractivity contribution in [3.63, 3.8) is 0 Å². The lowest BCUT2D eigenvalue weighted by Gasteiger charge is -2.41. The molecule has 7 heteroatoms. The number of hydrogen-bond acceptors (Lipinski definition) is 5. The van der Waals surface area contributed by atoms with Crippen molar-refractivity contribution in [1.29, 1.82) is 0 Å². The Kier molecular flexibility index (Phi) is 4.31. The number of aromatic nitrogens is 1. The molecule has 0 bridgehead atoms. The van der Waals surface area contributed by atoms with Crippen molar-refractivity contribution in [3.8, 4) is 0 Å². The van der Waals surface area contributed by atoms with Crippen molar-refractivity contribution in [2.24, 2.45) is 0 Å². The molecule has 2 heterocycles. The van der Waals surface area contributed by atoms with Crippen molar-refractivity contribution in [2.75, 3.05) is 32.5 Å². The van der Waals surface area contributed by atoms with Crippen molar-refractivity contribution in [1.82, 2.24) is 14.2 Å². The number of hydrogen-bond donors (Lipinski definition) is 1. The predicted octanol–water partition coefficient (Wildman–Crippen LogP) is 0.836. The van der Waals surface area contributed by atoms with Crippen molar-refractivity contribution < 1.29 is 8.42 Å². The van der Waals surface area contributed by atoms with Crippen LogP contribution in [0.3, 0.4) is 0 Å². The summed E-state index contributed by atoms with van der Waals surface area (Å²) in [4.78, 5) is 6.40. The SMILES string of the molecule is CNc1ccncc1S(=O)(=O)N1CC(C)N(C)C(C)C1. The molecule has 1 fully saturated rings. The first kappa shape index (κ1) is 15.2. The second-order valence-electron chi connectivity index (χ2n) is 5.31. The van der Waals surface area contributed by atoms with Gasteiger partial charge in [0.05, 0.1) is 5.69 Å². The number of nitrogens with one attached hydrogen (secondary N) is 1. The number of anilines is 1. The Morgan fingerprint density at radius 3 is 2.45 bits per heavy atom. The lowest BCUT2D eigenvalue weighted by Crippen LogP contribution is -2.56. The maximum absolute atomic E-state index is 12.8. The van der Waals surface area contributed by atoms with E-state index in [2.05, 4.69) is 15.2 Å². The lowest BCUT2D eigenvalue weighted by atomic mass is 10.1. The van der Waals surface area contributed by atoms with Crippen LogP contribution < -0.4 is 5.32 Å². The van der Waals surface area contributed by atoms with Crippen LogP contribution in [0.4, 0.5) is 5.69 Å². The molecule has 1 N–H and O–H groups in total. The van der Waals surface area contributed by atoms with E-state index in [1.807, 2.05) is 20.9 Å². The standard InChI is InChI=1S/C13H22N4O2S/c1-10-8-17(9-11(2)16(10)4)20(18,19)13-7-15-6-5-12(13)14-3/h5-7,10-11H,8-9H2,1-4H3,(H,14,15). The van der Waals surface area contributed by atoms with Gasteiger partial charge in [0.1, 0.15) is 4.90 Å². The quantitative estimate of drug-likeness (QED) is 0.895. The molecule has 0 aromatic carbocycles. The van der Waals surface area contributed by atoms with Gasteiger partial charge in [0.25, 0.3) is 0 Å². The van der Waals surface area contributed by atoms with Gasteiger partial charge in [-0.05, 0) is 27.0 Å². The Hall–Kier alpha value is -1.18. The lowest BCUT2D eigenvalue weighted by molar-refractivity contribution is 0.105. The van der Waals surface area contributed by atoms with E-state index in [0.717, 1.165) is 0 Å². The van der Waals surface area contributed by atoms with Gasteiger partial charge < -0.3 is 5.32 Å². The topological polar surface area (TPSA) is 65.5 Å². The number of piperazine rings is 1. The highest BCUT2D eigenvalue weighted by atomic mass is 32.2. The molecular weight excluding hydrogens is 276 g/mol. The number of sulfonamides is 1. The summed E-state index contributed by atoms with van der Waals surface area (Å²) in [6.07, 6.45) is 2.99. The van der Waals surface area contributed by atoms with Crippen LogP contribution in [0.2, 0.25) is 0 Å². The Bertz CT molecular complexity index is 563. The van der Waals surface area contributed by atoms with E-state index in [-0.39, 0.29) is 17.0 Å². The van der Waals surface area contributed by atoms with E-state index < -0.39 is 10.0 Å². The van der Waals surface area contributed by atoms with Crippen LogP contribution >= 0.6 is 0 Å². The maximum atomic E-state index is 12.8. The maximum Gasteiger partial charge on any atom is 0.246 e. The van der Waals surface area contributed by atoms with Crippen LogP contribution in [0.1, 0.15) is 13.8 Å². The Labute approximate surface area is 120 Å². The highest BCUT2D eigenvalue weighted by molar-refractivity contribution is 7.89. The zero-order valence-electron chi connectivity index (χ0n) is 12.4. The molecule has 2 unspecified atom stereocenters. The van der Waals surface area contributed by atoms with E-state index >= 15 is 0 Å². The molecule has 0 saturated carbocycles. The Balaban J connectivity index is 2.36. The molecule has 1 aromatic heterocycles. The third-order valence-electron chi connectivity index (χ3n) is 4.00. The molecule has 1 aliphatic heterocycles. The number of likely N-dealkylation sites (N-methyl/N-ethyl adjacent to an activating group) is 1. The summed E-state index contributed by atoms with van der Waals surface area (Å²) in [5, 5.41) is 2.92. The van der Waals surface area contributed by atoms with Gasteiger partial charge in [0.15, 0.2) is 0 Å². The molecule has 1 aliphatic rings. The zero-order chi connectivity index (χ0) is 14.9. The van der Waals surface area contributed by atoms with E-state index in [1.54, 1.807) is 23.6 Å².